The average Bonchev–Trinajstić information content (AvgIpc) is 2.72. The van der Waals surface area contributed by atoms with Crippen LogP contribution in [0.1, 0.15) is 17.5 Å². The van der Waals surface area contributed by atoms with Gasteiger partial charge in [0.1, 0.15) is 6.61 Å². The molecule has 1 aliphatic heterocycles. The van der Waals surface area contributed by atoms with Gasteiger partial charge in [0.25, 0.3) is 0 Å². The van der Waals surface area contributed by atoms with E-state index in [1.807, 2.05) is 65.6 Å². The first-order chi connectivity index (χ1) is 12.8. The number of rotatable bonds is 6. The van der Waals surface area contributed by atoms with Gasteiger partial charge >= 0.3 is 6.09 Å². The first kappa shape index (κ1) is 18.4. The number of nitrogens with one attached hydrogen (secondary N) is 1. The van der Waals surface area contributed by atoms with Gasteiger partial charge in [-0.25, -0.2) is 4.79 Å². The van der Waals surface area contributed by atoms with Gasteiger partial charge in [-0.05, 0) is 24.1 Å². The Morgan fingerprint density at radius 1 is 1.08 bits per heavy atom. The molecule has 1 amide bonds. The maximum absolute atomic E-state index is 12.9. The fourth-order valence-electron chi connectivity index (χ4n) is 3.31. The van der Waals surface area contributed by atoms with E-state index >= 15 is 0 Å². The van der Waals surface area contributed by atoms with Crippen LogP contribution in [-0.4, -0.2) is 43.3 Å². The quantitative estimate of drug-likeness (QED) is 0.865. The van der Waals surface area contributed by atoms with E-state index in [-0.39, 0.29) is 24.8 Å². The summed E-state index contributed by atoms with van der Waals surface area (Å²) in [5.74, 6) is 0. The molecule has 2 aromatic rings. The molecule has 0 aromatic heterocycles. The zero-order chi connectivity index (χ0) is 18.2. The Bertz CT molecular complexity index is 678. The summed E-state index contributed by atoms with van der Waals surface area (Å²) >= 11 is 0. The van der Waals surface area contributed by atoms with E-state index in [9.17, 15) is 4.79 Å². The van der Waals surface area contributed by atoms with Crippen LogP contribution >= 0.6 is 0 Å². The molecular weight excluding hydrogens is 328 g/mol. The lowest BCUT2D eigenvalue weighted by molar-refractivity contribution is -0.00884. The van der Waals surface area contributed by atoms with Crippen LogP contribution in [0.5, 0.6) is 0 Å². The maximum Gasteiger partial charge on any atom is 0.410 e. The number of carbonyl (C=O) groups excluding carboxylic acids is 1. The molecule has 2 aromatic carbocycles. The van der Waals surface area contributed by atoms with Crippen LogP contribution in [-0.2, 0) is 22.6 Å². The van der Waals surface area contributed by atoms with Crippen molar-refractivity contribution in [3.63, 3.8) is 0 Å². The normalized spacial score (nSPS) is 19.7. The summed E-state index contributed by atoms with van der Waals surface area (Å²) in [6, 6.07) is 19.7. The van der Waals surface area contributed by atoms with Crippen LogP contribution in [0.3, 0.4) is 0 Å². The number of hydrogen-bond acceptors (Lipinski definition) is 4. The minimum absolute atomic E-state index is 0.00951. The van der Waals surface area contributed by atoms with Crippen molar-refractivity contribution in [3.05, 3.63) is 71.8 Å². The summed E-state index contributed by atoms with van der Waals surface area (Å²) < 4.78 is 11.2. The van der Waals surface area contributed by atoms with Crippen LogP contribution in [0.4, 0.5) is 4.79 Å². The molecule has 1 N–H and O–H groups in total. The zero-order valence-corrected chi connectivity index (χ0v) is 15.1. The number of nitrogens with zero attached hydrogens (tertiary/aromatic N) is 1. The highest BCUT2D eigenvalue weighted by Crippen LogP contribution is 2.20. The Hall–Kier alpha value is -2.37. The second kappa shape index (κ2) is 9.36. The zero-order valence-electron chi connectivity index (χ0n) is 15.1. The van der Waals surface area contributed by atoms with E-state index < -0.39 is 0 Å². The Balaban J connectivity index is 1.73. The summed E-state index contributed by atoms with van der Waals surface area (Å²) in [4.78, 5) is 14.7. The Morgan fingerprint density at radius 2 is 1.73 bits per heavy atom. The summed E-state index contributed by atoms with van der Waals surface area (Å²) in [6.07, 6.45) is 0.495. The SMILES string of the molecule is CO[C@H]1CNCC[C@H]1N(Cc1ccccc1)C(=O)OCc1ccccc1. The van der Waals surface area contributed by atoms with Crippen molar-refractivity contribution in [1.82, 2.24) is 10.2 Å². The Labute approximate surface area is 154 Å². The molecule has 26 heavy (non-hydrogen) atoms. The van der Waals surface area contributed by atoms with E-state index in [4.69, 9.17) is 9.47 Å². The molecule has 5 heteroatoms. The van der Waals surface area contributed by atoms with Crippen molar-refractivity contribution in [2.45, 2.75) is 31.7 Å². The van der Waals surface area contributed by atoms with E-state index in [0.717, 1.165) is 30.6 Å². The number of hydrogen-bond donors (Lipinski definition) is 1. The smallest absolute Gasteiger partial charge is 0.410 e. The topological polar surface area (TPSA) is 50.8 Å². The molecule has 1 saturated heterocycles. The molecule has 0 bridgehead atoms. The first-order valence-corrected chi connectivity index (χ1v) is 9.02. The third-order valence-corrected chi connectivity index (χ3v) is 4.73. The number of carbonyl (C=O) groups is 1. The van der Waals surface area contributed by atoms with Crippen LogP contribution in [0.15, 0.2) is 60.7 Å². The summed E-state index contributed by atoms with van der Waals surface area (Å²) in [5.41, 5.74) is 2.06. The minimum atomic E-state index is -0.299. The second-order valence-corrected chi connectivity index (χ2v) is 6.49. The number of amides is 1. The van der Waals surface area contributed by atoms with E-state index in [1.54, 1.807) is 7.11 Å². The van der Waals surface area contributed by atoms with Crippen molar-refractivity contribution < 1.29 is 14.3 Å². The van der Waals surface area contributed by atoms with Gasteiger partial charge in [0.2, 0.25) is 0 Å². The standard InChI is InChI=1S/C21H26N2O3/c1-25-20-14-22-13-12-19(20)23(15-17-8-4-2-5-9-17)21(24)26-16-18-10-6-3-7-11-18/h2-11,19-20,22H,12-16H2,1H3/t19-,20+/m1/s1. The lowest BCUT2D eigenvalue weighted by atomic mass is 10.0. The molecule has 1 fully saturated rings. The molecule has 5 nitrogen and oxygen atoms in total. The van der Waals surface area contributed by atoms with Crippen molar-refractivity contribution in [2.75, 3.05) is 20.2 Å². The molecular formula is C21H26N2O3. The number of piperidine rings is 1. The van der Waals surface area contributed by atoms with Gasteiger partial charge < -0.3 is 14.8 Å². The lowest BCUT2D eigenvalue weighted by Crippen LogP contribution is -2.55. The van der Waals surface area contributed by atoms with Gasteiger partial charge in [0, 0.05) is 20.2 Å². The van der Waals surface area contributed by atoms with Gasteiger partial charge in [-0.2, -0.15) is 0 Å². The van der Waals surface area contributed by atoms with Crippen molar-refractivity contribution >= 4 is 6.09 Å². The molecule has 138 valence electrons. The van der Waals surface area contributed by atoms with E-state index in [1.165, 1.54) is 0 Å². The molecule has 3 rings (SSSR count). The molecule has 0 saturated carbocycles. The second-order valence-electron chi connectivity index (χ2n) is 6.49. The predicted octanol–water partition coefficient (Wildman–Crippen LogP) is 3.20. The maximum atomic E-state index is 12.9. The lowest BCUT2D eigenvalue weighted by Gasteiger charge is -2.39. The van der Waals surface area contributed by atoms with Gasteiger partial charge in [0.15, 0.2) is 0 Å². The highest BCUT2D eigenvalue weighted by molar-refractivity contribution is 5.68. The number of ether oxygens (including phenoxy) is 2. The monoisotopic (exact) mass is 354 g/mol. The molecule has 1 aliphatic rings. The molecule has 0 aliphatic carbocycles. The summed E-state index contributed by atoms with van der Waals surface area (Å²) in [7, 11) is 1.70. The fourth-order valence-corrected chi connectivity index (χ4v) is 3.31. The number of benzene rings is 2. The summed E-state index contributed by atoms with van der Waals surface area (Å²) in [5, 5.41) is 3.33. The van der Waals surface area contributed by atoms with Crippen LogP contribution in [0, 0.1) is 0 Å². The van der Waals surface area contributed by atoms with Crippen molar-refractivity contribution in [1.29, 1.82) is 0 Å². The summed E-state index contributed by atoms with van der Waals surface area (Å²) in [6.45, 7) is 2.38. The highest BCUT2D eigenvalue weighted by atomic mass is 16.6. The van der Waals surface area contributed by atoms with Crippen molar-refractivity contribution in [2.24, 2.45) is 0 Å². The molecule has 1 heterocycles. The first-order valence-electron chi connectivity index (χ1n) is 9.02. The molecule has 0 unspecified atom stereocenters. The predicted molar refractivity (Wildman–Crippen MR) is 101 cm³/mol. The molecule has 0 radical (unpaired) electrons. The molecule has 2 atom stereocenters. The largest absolute Gasteiger partial charge is 0.445 e. The van der Waals surface area contributed by atoms with Gasteiger partial charge in [0.05, 0.1) is 12.1 Å². The number of methoxy groups -OCH3 is 1. The Morgan fingerprint density at radius 3 is 2.38 bits per heavy atom. The van der Waals surface area contributed by atoms with Gasteiger partial charge in [-0.1, -0.05) is 60.7 Å². The van der Waals surface area contributed by atoms with E-state index in [2.05, 4.69) is 5.32 Å². The third kappa shape index (κ3) is 4.84. The fraction of sp³-hybridized carbons (Fsp3) is 0.381. The van der Waals surface area contributed by atoms with Crippen LogP contribution in [0.25, 0.3) is 0 Å². The average molecular weight is 354 g/mol. The Kier molecular flexibility index (Phi) is 6.63. The van der Waals surface area contributed by atoms with Crippen molar-refractivity contribution in [3.8, 4) is 0 Å². The highest BCUT2D eigenvalue weighted by Gasteiger charge is 2.34. The minimum Gasteiger partial charge on any atom is -0.445 e. The van der Waals surface area contributed by atoms with Crippen LogP contribution in [0.2, 0.25) is 0 Å². The van der Waals surface area contributed by atoms with Crippen LogP contribution < -0.4 is 5.32 Å². The van der Waals surface area contributed by atoms with Gasteiger partial charge in [-0.3, -0.25) is 4.90 Å². The third-order valence-electron chi connectivity index (χ3n) is 4.73. The van der Waals surface area contributed by atoms with E-state index in [0.29, 0.717) is 6.54 Å². The molecule has 0 spiro atoms. The van der Waals surface area contributed by atoms with Gasteiger partial charge in [-0.15, -0.1) is 0 Å².